The lowest BCUT2D eigenvalue weighted by atomic mass is 9.92. The van der Waals surface area contributed by atoms with Gasteiger partial charge in [-0.1, -0.05) is 39.5 Å². The third-order valence-electron chi connectivity index (χ3n) is 3.44. The second-order valence-corrected chi connectivity index (χ2v) is 6.04. The second kappa shape index (κ2) is 7.83. The van der Waals surface area contributed by atoms with Gasteiger partial charge in [-0.05, 0) is 26.3 Å². The number of rotatable bonds is 8. The van der Waals surface area contributed by atoms with Crippen LogP contribution < -0.4 is 5.32 Å². The molecule has 1 aromatic heterocycles. The van der Waals surface area contributed by atoms with E-state index in [9.17, 15) is 0 Å². The first-order valence-electron chi connectivity index (χ1n) is 6.80. The van der Waals surface area contributed by atoms with Gasteiger partial charge in [0.2, 0.25) is 0 Å². The molecule has 0 fully saturated rings. The van der Waals surface area contributed by atoms with Crippen LogP contribution in [-0.2, 0) is 0 Å². The highest BCUT2D eigenvalue weighted by Crippen LogP contribution is 2.29. The van der Waals surface area contributed by atoms with Gasteiger partial charge in [0.1, 0.15) is 0 Å². The average molecular weight is 254 g/mol. The molecule has 0 aliphatic heterocycles. The van der Waals surface area contributed by atoms with Gasteiger partial charge >= 0.3 is 0 Å². The number of unbranched alkanes of at least 4 members (excludes halogenated alkanes) is 1. The molecule has 2 nitrogen and oxygen atoms in total. The number of hydrogen-bond donors (Lipinski definition) is 1. The van der Waals surface area contributed by atoms with Crippen molar-refractivity contribution in [1.29, 1.82) is 0 Å². The van der Waals surface area contributed by atoms with Crippen molar-refractivity contribution in [3.05, 3.63) is 16.1 Å². The van der Waals surface area contributed by atoms with E-state index < -0.39 is 0 Å². The largest absolute Gasteiger partial charge is 0.312 e. The lowest BCUT2D eigenvalue weighted by molar-refractivity contribution is 0.367. The highest BCUT2D eigenvalue weighted by Gasteiger charge is 2.17. The van der Waals surface area contributed by atoms with E-state index in [4.69, 9.17) is 0 Å². The third-order valence-corrected chi connectivity index (χ3v) is 4.47. The van der Waals surface area contributed by atoms with Crippen molar-refractivity contribution in [3.63, 3.8) is 0 Å². The maximum absolute atomic E-state index is 4.36. The standard InChI is InChI=1S/C14H26N2S/c1-5-7-8-12(6-2)9-13(15-4)14-10-16-11(3)17-14/h10,12-13,15H,5-9H2,1-4H3. The molecule has 17 heavy (non-hydrogen) atoms. The minimum absolute atomic E-state index is 0.489. The molecular weight excluding hydrogens is 228 g/mol. The first kappa shape index (κ1) is 14.7. The fraction of sp³-hybridized carbons (Fsp3) is 0.786. The predicted molar refractivity (Wildman–Crippen MR) is 76.6 cm³/mol. The normalized spacial score (nSPS) is 14.8. The van der Waals surface area contributed by atoms with Crippen molar-refractivity contribution in [2.24, 2.45) is 5.92 Å². The molecule has 1 heterocycles. The minimum Gasteiger partial charge on any atom is -0.312 e. The molecule has 1 aromatic rings. The average Bonchev–Trinajstić information content (AvgIpc) is 2.76. The van der Waals surface area contributed by atoms with Crippen molar-refractivity contribution < 1.29 is 0 Å². The highest BCUT2D eigenvalue weighted by atomic mass is 32.1. The van der Waals surface area contributed by atoms with E-state index in [0.717, 1.165) is 5.92 Å². The fourth-order valence-electron chi connectivity index (χ4n) is 2.23. The van der Waals surface area contributed by atoms with Gasteiger partial charge in [-0.25, -0.2) is 4.98 Å². The van der Waals surface area contributed by atoms with Crippen LogP contribution in [0.5, 0.6) is 0 Å². The Bertz CT molecular complexity index is 309. The summed E-state index contributed by atoms with van der Waals surface area (Å²) in [6.45, 7) is 6.66. The molecular formula is C14H26N2S. The molecule has 0 saturated carbocycles. The number of nitrogens with zero attached hydrogens (tertiary/aromatic N) is 1. The van der Waals surface area contributed by atoms with Gasteiger partial charge in [-0.3, -0.25) is 0 Å². The first-order valence-corrected chi connectivity index (χ1v) is 7.62. The summed E-state index contributed by atoms with van der Waals surface area (Å²) in [6.07, 6.45) is 8.60. The Morgan fingerprint density at radius 2 is 2.18 bits per heavy atom. The van der Waals surface area contributed by atoms with Crippen LogP contribution in [0.2, 0.25) is 0 Å². The Morgan fingerprint density at radius 1 is 1.41 bits per heavy atom. The van der Waals surface area contributed by atoms with Crippen LogP contribution >= 0.6 is 11.3 Å². The van der Waals surface area contributed by atoms with Gasteiger partial charge in [0.25, 0.3) is 0 Å². The molecule has 0 aliphatic rings. The van der Waals surface area contributed by atoms with Crippen molar-refractivity contribution in [3.8, 4) is 0 Å². The lowest BCUT2D eigenvalue weighted by Crippen LogP contribution is -2.19. The van der Waals surface area contributed by atoms with Crippen molar-refractivity contribution in [1.82, 2.24) is 10.3 Å². The van der Waals surface area contributed by atoms with E-state index in [0.29, 0.717) is 6.04 Å². The zero-order chi connectivity index (χ0) is 12.7. The number of nitrogens with one attached hydrogen (secondary N) is 1. The number of aryl methyl sites for hydroxylation is 1. The van der Waals surface area contributed by atoms with E-state index in [1.807, 2.05) is 17.5 Å². The second-order valence-electron chi connectivity index (χ2n) is 4.78. The SMILES string of the molecule is CCCCC(CC)CC(NC)c1cnc(C)s1. The minimum atomic E-state index is 0.489. The van der Waals surface area contributed by atoms with Crippen LogP contribution in [0.25, 0.3) is 0 Å². The first-order chi connectivity index (χ1) is 8.21. The van der Waals surface area contributed by atoms with Gasteiger partial charge in [0, 0.05) is 17.1 Å². The molecule has 1 N–H and O–H groups in total. The van der Waals surface area contributed by atoms with Crippen molar-refractivity contribution in [2.75, 3.05) is 7.05 Å². The Hall–Kier alpha value is -0.410. The molecule has 0 bridgehead atoms. The zero-order valence-electron chi connectivity index (χ0n) is 11.6. The molecule has 0 saturated heterocycles. The molecule has 0 aliphatic carbocycles. The van der Waals surface area contributed by atoms with Crippen molar-refractivity contribution >= 4 is 11.3 Å². The van der Waals surface area contributed by atoms with Crippen LogP contribution in [0.4, 0.5) is 0 Å². The van der Waals surface area contributed by atoms with E-state index in [2.05, 4.69) is 38.1 Å². The summed E-state index contributed by atoms with van der Waals surface area (Å²) in [7, 11) is 2.06. The number of hydrogen-bond acceptors (Lipinski definition) is 3. The molecule has 1 rings (SSSR count). The fourth-order valence-corrected chi connectivity index (χ4v) is 3.14. The van der Waals surface area contributed by atoms with Gasteiger partial charge in [-0.15, -0.1) is 11.3 Å². The Kier molecular flexibility index (Phi) is 6.75. The molecule has 0 spiro atoms. The summed E-state index contributed by atoms with van der Waals surface area (Å²) in [5, 5.41) is 4.61. The zero-order valence-corrected chi connectivity index (χ0v) is 12.4. The molecule has 3 heteroatoms. The third kappa shape index (κ3) is 4.76. The topological polar surface area (TPSA) is 24.9 Å². The maximum atomic E-state index is 4.36. The van der Waals surface area contributed by atoms with Crippen LogP contribution in [0.3, 0.4) is 0 Å². The predicted octanol–water partition coefficient (Wildman–Crippen LogP) is 4.32. The monoisotopic (exact) mass is 254 g/mol. The summed E-state index contributed by atoms with van der Waals surface area (Å²) in [6, 6.07) is 0.489. The molecule has 98 valence electrons. The maximum Gasteiger partial charge on any atom is 0.0897 e. The summed E-state index contributed by atoms with van der Waals surface area (Å²) in [4.78, 5) is 5.75. The van der Waals surface area contributed by atoms with Gasteiger partial charge in [0.15, 0.2) is 0 Å². The molecule has 0 aromatic carbocycles. The van der Waals surface area contributed by atoms with Gasteiger partial charge < -0.3 is 5.32 Å². The summed E-state index contributed by atoms with van der Waals surface area (Å²) < 4.78 is 0. The number of aromatic nitrogens is 1. The Balaban J connectivity index is 2.55. The molecule has 0 radical (unpaired) electrons. The highest BCUT2D eigenvalue weighted by molar-refractivity contribution is 7.11. The Morgan fingerprint density at radius 3 is 2.65 bits per heavy atom. The molecule has 2 atom stereocenters. The van der Waals surface area contributed by atoms with Crippen molar-refractivity contribution in [2.45, 2.75) is 58.9 Å². The van der Waals surface area contributed by atoms with Crippen LogP contribution in [0, 0.1) is 12.8 Å². The van der Waals surface area contributed by atoms with E-state index in [1.165, 1.54) is 42.0 Å². The number of thiazole rings is 1. The quantitative estimate of drug-likeness (QED) is 0.747. The van der Waals surface area contributed by atoms with Crippen LogP contribution in [-0.4, -0.2) is 12.0 Å². The van der Waals surface area contributed by atoms with Gasteiger partial charge in [0.05, 0.1) is 5.01 Å². The van der Waals surface area contributed by atoms with E-state index in [1.54, 1.807) is 0 Å². The van der Waals surface area contributed by atoms with Crippen LogP contribution in [0.1, 0.15) is 61.9 Å². The summed E-state index contributed by atoms with van der Waals surface area (Å²) in [5.74, 6) is 0.842. The Labute approximate surface area is 110 Å². The van der Waals surface area contributed by atoms with E-state index in [-0.39, 0.29) is 0 Å². The van der Waals surface area contributed by atoms with Gasteiger partial charge in [-0.2, -0.15) is 0 Å². The van der Waals surface area contributed by atoms with Crippen LogP contribution in [0.15, 0.2) is 6.20 Å². The molecule has 2 unspecified atom stereocenters. The molecule has 0 amide bonds. The summed E-state index contributed by atoms with van der Waals surface area (Å²) >= 11 is 1.82. The van der Waals surface area contributed by atoms with E-state index >= 15 is 0 Å². The lowest BCUT2D eigenvalue weighted by Gasteiger charge is -2.21. The summed E-state index contributed by atoms with van der Waals surface area (Å²) in [5.41, 5.74) is 0. The smallest absolute Gasteiger partial charge is 0.0897 e.